The van der Waals surface area contributed by atoms with Gasteiger partial charge >= 0.3 is 5.97 Å². The Kier molecular flexibility index (Phi) is 3.92. The Hall–Kier alpha value is -1.53. The monoisotopic (exact) mass is 248 g/mol. The molecule has 88 valence electrons. The number of aliphatic carboxylic acids is 1. The van der Waals surface area contributed by atoms with E-state index >= 15 is 0 Å². The number of benzene rings is 1. The first kappa shape index (κ1) is 12.5. The molecule has 0 spiro atoms. The summed E-state index contributed by atoms with van der Waals surface area (Å²) in [5.41, 5.74) is -1.33. The molecular weight excluding hydrogens is 239 g/mol. The standard InChI is InChI=1S/C9H10ClFN2O3/c1-16-7-3-2-5(4-6(7)11)13(12)8(10)9(14)15/h2-4,8H,12H2,1H3,(H,14,15). The zero-order valence-corrected chi connectivity index (χ0v) is 9.11. The lowest BCUT2D eigenvalue weighted by Gasteiger charge is -2.21. The van der Waals surface area contributed by atoms with Crippen molar-refractivity contribution in [3.63, 3.8) is 0 Å². The van der Waals surface area contributed by atoms with E-state index in [0.29, 0.717) is 0 Å². The average molecular weight is 249 g/mol. The van der Waals surface area contributed by atoms with Crippen molar-refractivity contribution >= 4 is 23.3 Å². The van der Waals surface area contributed by atoms with Crippen LogP contribution in [0.15, 0.2) is 18.2 Å². The number of carbonyl (C=O) groups is 1. The maximum Gasteiger partial charge on any atom is 0.343 e. The van der Waals surface area contributed by atoms with Crippen LogP contribution >= 0.6 is 11.6 Å². The summed E-state index contributed by atoms with van der Waals surface area (Å²) in [5.74, 6) is 3.49. The van der Waals surface area contributed by atoms with E-state index in [0.717, 1.165) is 11.1 Å². The van der Waals surface area contributed by atoms with E-state index in [1.165, 1.54) is 19.2 Å². The highest BCUT2D eigenvalue weighted by molar-refractivity contribution is 6.30. The minimum Gasteiger partial charge on any atom is -0.494 e. The fourth-order valence-electron chi connectivity index (χ4n) is 1.07. The Morgan fingerprint density at radius 3 is 2.75 bits per heavy atom. The average Bonchev–Trinajstić information content (AvgIpc) is 2.26. The summed E-state index contributed by atoms with van der Waals surface area (Å²) in [6, 6.07) is 3.77. The lowest BCUT2D eigenvalue weighted by atomic mass is 10.3. The van der Waals surface area contributed by atoms with Gasteiger partial charge in [-0.3, -0.25) is 5.01 Å². The van der Waals surface area contributed by atoms with Gasteiger partial charge in [0, 0.05) is 6.07 Å². The van der Waals surface area contributed by atoms with Gasteiger partial charge in [-0.15, -0.1) is 0 Å². The zero-order valence-electron chi connectivity index (χ0n) is 8.35. The minimum absolute atomic E-state index is 0.0404. The van der Waals surface area contributed by atoms with Crippen LogP contribution in [0.1, 0.15) is 0 Å². The van der Waals surface area contributed by atoms with Crippen molar-refractivity contribution in [1.29, 1.82) is 0 Å². The number of nitrogens with two attached hydrogens (primary N) is 1. The minimum atomic E-state index is -1.47. The topological polar surface area (TPSA) is 75.8 Å². The molecule has 0 amide bonds. The Balaban J connectivity index is 2.97. The number of halogens is 2. The van der Waals surface area contributed by atoms with Crippen LogP contribution in [-0.2, 0) is 4.79 Å². The fourth-order valence-corrected chi connectivity index (χ4v) is 1.18. The Labute approximate surface area is 96.1 Å². The molecule has 0 aliphatic carbocycles. The van der Waals surface area contributed by atoms with Crippen LogP contribution in [0.25, 0.3) is 0 Å². The number of nitrogens with zero attached hydrogens (tertiary/aromatic N) is 1. The maximum absolute atomic E-state index is 13.3. The van der Waals surface area contributed by atoms with Crippen molar-refractivity contribution in [3.8, 4) is 5.75 Å². The number of hydrogen-bond acceptors (Lipinski definition) is 4. The van der Waals surface area contributed by atoms with Gasteiger partial charge in [0.15, 0.2) is 11.6 Å². The Bertz CT molecular complexity index is 402. The number of ether oxygens (including phenoxy) is 1. The summed E-state index contributed by atoms with van der Waals surface area (Å²) in [4.78, 5) is 10.6. The first-order valence-corrected chi connectivity index (χ1v) is 4.65. The number of rotatable bonds is 4. The first-order chi connectivity index (χ1) is 7.47. The van der Waals surface area contributed by atoms with Gasteiger partial charge in [0.2, 0.25) is 5.50 Å². The molecule has 0 radical (unpaired) electrons. The number of anilines is 1. The lowest BCUT2D eigenvalue weighted by molar-refractivity contribution is -0.136. The van der Waals surface area contributed by atoms with Crippen LogP contribution in [0.2, 0.25) is 0 Å². The smallest absolute Gasteiger partial charge is 0.343 e. The molecule has 1 aromatic carbocycles. The normalized spacial score (nSPS) is 12.0. The largest absolute Gasteiger partial charge is 0.494 e. The highest BCUT2D eigenvalue weighted by Gasteiger charge is 2.21. The van der Waals surface area contributed by atoms with Gasteiger partial charge in [0.25, 0.3) is 0 Å². The fraction of sp³-hybridized carbons (Fsp3) is 0.222. The Morgan fingerprint density at radius 1 is 1.69 bits per heavy atom. The third-order valence-corrected chi connectivity index (χ3v) is 2.28. The molecule has 0 aliphatic rings. The van der Waals surface area contributed by atoms with Crippen molar-refractivity contribution in [3.05, 3.63) is 24.0 Å². The van der Waals surface area contributed by atoms with Gasteiger partial charge in [-0.25, -0.2) is 15.0 Å². The highest BCUT2D eigenvalue weighted by Crippen LogP contribution is 2.23. The summed E-state index contributed by atoms with van der Waals surface area (Å²) >= 11 is 5.47. The molecule has 0 saturated heterocycles. The van der Waals surface area contributed by atoms with Gasteiger partial charge in [0.05, 0.1) is 12.8 Å². The third-order valence-electron chi connectivity index (χ3n) is 1.88. The SMILES string of the molecule is COc1ccc(N(N)C(Cl)C(=O)O)cc1F. The number of carboxylic acids is 1. The van der Waals surface area contributed by atoms with Gasteiger partial charge < -0.3 is 9.84 Å². The van der Waals surface area contributed by atoms with E-state index in [1.807, 2.05) is 0 Å². The summed E-state index contributed by atoms with van der Waals surface area (Å²) in [6.07, 6.45) is 0. The molecule has 0 aromatic heterocycles. The maximum atomic E-state index is 13.3. The summed E-state index contributed by atoms with van der Waals surface area (Å²) in [7, 11) is 1.32. The van der Waals surface area contributed by atoms with E-state index < -0.39 is 17.3 Å². The van der Waals surface area contributed by atoms with E-state index in [1.54, 1.807) is 0 Å². The summed E-state index contributed by atoms with van der Waals surface area (Å²) in [5, 5.41) is 9.35. The molecule has 5 nitrogen and oxygen atoms in total. The number of hydrazine groups is 1. The van der Waals surface area contributed by atoms with E-state index in [9.17, 15) is 9.18 Å². The van der Waals surface area contributed by atoms with Crippen LogP contribution in [0.3, 0.4) is 0 Å². The van der Waals surface area contributed by atoms with E-state index in [4.69, 9.17) is 27.3 Å². The molecule has 0 heterocycles. The van der Waals surface area contributed by atoms with Crippen LogP contribution in [0.4, 0.5) is 10.1 Å². The molecule has 0 bridgehead atoms. The second-order valence-corrected chi connectivity index (χ2v) is 3.31. The second kappa shape index (κ2) is 5.00. The number of hydrogen-bond donors (Lipinski definition) is 2. The molecule has 7 heteroatoms. The van der Waals surface area contributed by atoms with Crippen molar-refractivity contribution in [2.24, 2.45) is 5.84 Å². The van der Waals surface area contributed by atoms with Crippen LogP contribution < -0.4 is 15.6 Å². The molecule has 1 atom stereocenters. The molecule has 0 fully saturated rings. The lowest BCUT2D eigenvalue weighted by Crippen LogP contribution is -2.42. The third kappa shape index (κ3) is 2.53. The van der Waals surface area contributed by atoms with Crippen LogP contribution in [0.5, 0.6) is 5.75 Å². The van der Waals surface area contributed by atoms with Crippen LogP contribution in [-0.4, -0.2) is 23.7 Å². The molecule has 0 aliphatic heterocycles. The number of alkyl halides is 1. The first-order valence-electron chi connectivity index (χ1n) is 4.21. The molecule has 3 N–H and O–H groups in total. The molecule has 1 unspecified atom stereocenters. The van der Waals surface area contributed by atoms with E-state index in [2.05, 4.69) is 0 Å². The zero-order chi connectivity index (χ0) is 12.3. The number of methoxy groups -OCH3 is 1. The predicted octanol–water partition coefficient (Wildman–Crippen LogP) is 1.16. The Morgan fingerprint density at radius 2 is 2.31 bits per heavy atom. The van der Waals surface area contributed by atoms with Gasteiger partial charge in [-0.05, 0) is 12.1 Å². The predicted molar refractivity (Wildman–Crippen MR) is 56.9 cm³/mol. The summed E-state index contributed by atoms with van der Waals surface area (Å²) < 4.78 is 18.0. The van der Waals surface area contributed by atoms with Gasteiger partial charge in [-0.2, -0.15) is 0 Å². The van der Waals surface area contributed by atoms with Crippen LogP contribution in [0, 0.1) is 5.82 Å². The molecule has 16 heavy (non-hydrogen) atoms. The van der Waals surface area contributed by atoms with Crippen molar-refractivity contribution < 1.29 is 19.0 Å². The van der Waals surface area contributed by atoms with Crippen molar-refractivity contribution in [2.45, 2.75) is 5.50 Å². The quantitative estimate of drug-likeness (QED) is 0.362. The van der Waals surface area contributed by atoms with Gasteiger partial charge in [0.1, 0.15) is 0 Å². The highest BCUT2D eigenvalue weighted by atomic mass is 35.5. The molecule has 1 aromatic rings. The van der Waals surface area contributed by atoms with E-state index in [-0.39, 0.29) is 11.4 Å². The molecule has 0 saturated carbocycles. The van der Waals surface area contributed by atoms with Crippen molar-refractivity contribution in [1.82, 2.24) is 0 Å². The van der Waals surface area contributed by atoms with Gasteiger partial charge in [-0.1, -0.05) is 11.6 Å². The molecular formula is C9H10ClFN2O3. The van der Waals surface area contributed by atoms with Crippen molar-refractivity contribution in [2.75, 3.05) is 12.1 Å². The second-order valence-electron chi connectivity index (χ2n) is 2.90. The molecule has 1 rings (SSSR count). The number of carboxylic acid groups (broad SMARTS) is 1. The summed E-state index contributed by atoms with van der Waals surface area (Å²) in [6.45, 7) is 0.